The number of carbonyl (C=O) groups is 3. The molecule has 0 aromatic rings. The summed E-state index contributed by atoms with van der Waals surface area (Å²) in [7, 11) is 0. The van der Waals surface area contributed by atoms with Crippen LogP contribution in [-0.4, -0.2) is 37.7 Å². The molecule has 0 rings (SSSR count). The van der Waals surface area contributed by atoms with Crippen molar-refractivity contribution in [3.63, 3.8) is 0 Å². The highest BCUT2D eigenvalue weighted by Gasteiger charge is 2.26. The van der Waals surface area contributed by atoms with Gasteiger partial charge < -0.3 is 14.2 Å². The maximum absolute atomic E-state index is 11.8. The number of hydrogen-bond acceptors (Lipinski definition) is 6. The Kier molecular flexibility index (Phi) is 12.8. The first-order valence-corrected chi connectivity index (χ1v) is 9.75. The summed E-state index contributed by atoms with van der Waals surface area (Å²) in [5.74, 6) is -0.933. The summed E-state index contributed by atoms with van der Waals surface area (Å²) in [6.07, 6.45) is 5.38. The Morgan fingerprint density at radius 3 is 2.19 bits per heavy atom. The Balaban J connectivity index is 3.84. The molecule has 0 saturated carbocycles. The maximum Gasteiger partial charge on any atom is 0.344 e. The number of carbonyl (C=O) groups excluding carboxylic acids is 3. The van der Waals surface area contributed by atoms with E-state index >= 15 is 0 Å². The molecule has 0 aromatic carbocycles. The van der Waals surface area contributed by atoms with Crippen LogP contribution in [0.1, 0.15) is 79.6 Å². The minimum absolute atomic E-state index is 0.0984. The lowest BCUT2D eigenvalue weighted by Gasteiger charge is -2.20. The average Bonchev–Trinajstić information content (AvgIpc) is 2.63. The maximum atomic E-state index is 11.8. The zero-order chi connectivity index (χ0) is 20.0. The van der Waals surface area contributed by atoms with Gasteiger partial charge in [-0.1, -0.05) is 40.0 Å². The second-order valence-corrected chi connectivity index (χ2v) is 7.24. The number of unbranched alkanes of at least 4 members (excludes halogenated alkanes) is 1. The quantitative estimate of drug-likeness (QED) is 0.260. The Morgan fingerprint density at radius 1 is 0.923 bits per heavy atom. The third-order valence-corrected chi connectivity index (χ3v) is 4.57. The Morgan fingerprint density at radius 2 is 1.62 bits per heavy atom. The molecule has 152 valence electrons. The minimum atomic E-state index is -0.524. The molecule has 6 heteroatoms. The van der Waals surface area contributed by atoms with E-state index in [1.165, 1.54) is 0 Å². The lowest BCUT2D eigenvalue weighted by molar-refractivity contribution is -0.160. The molecule has 0 radical (unpaired) electrons. The van der Waals surface area contributed by atoms with E-state index in [0.717, 1.165) is 25.7 Å². The molecule has 0 bridgehead atoms. The minimum Gasteiger partial charge on any atom is -0.465 e. The van der Waals surface area contributed by atoms with Gasteiger partial charge in [-0.3, -0.25) is 9.59 Å². The van der Waals surface area contributed by atoms with Crippen LogP contribution < -0.4 is 0 Å². The van der Waals surface area contributed by atoms with Gasteiger partial charge in [-0.05, 0) is 39.0 Å². The second-order valence-electron chi connectivity index (χ2n) is 7.24. The number of esters is 3. The zero-order valence-corrected chi connectivity index (χ0v) is 17.1. The smallest absolute Gasteiger partial charge is 0.344 e. The van der Waals surface area contributed by atoms with Crippen molar-refractivity contribution in [1.29, 1.82) is 0 Å². The van der Waals surface area contributed by atoms with Crippen molar-refractivity contribution in [3.05, 3.63) is 0 Å². The van der Waals surface area contributed by atoms with Crippen molar-refractivity contribution in [2.75, 3.05) is 19.8 Å². The fraction of sp³-hybridized carbons (Fsp3) is 0.850. The van der Waals surface area contributed by atoms with E-state index in [2.05, 4.69) is 13.8 Å². The SMILES string of the molecule is CCCCC(CC)COC(=O)COC(=O)CCCOC(=O)C(C)(C)CC. The monoisotopic (exact) mass is 372 g/mol. The van der Waals surface area contributed by atoms with Crippen molar-refractivity contribution in [2.45, 2.75) is 79.6 Å². The molecule has 0 aromatic heterocycles. The van der Waals surface area contributed by atoms with E-state index in [1.807, 2.05) is 20.8 Å². The van der Waals surface area contributed by atoms with Crippen LogP contribution in [0, 0.1) is 11.3 Å². The van der Waals surface area contributed by atoms with Crippen LogP contribution in [0.5, 0.6) is 0 Å². The summed E-state index contributed by atoms with van der Waals surface area (Å²) in [5, 5.41) is 0. The molecule has 0 fully saturated rings. The molecule has 1 unspecified atom stereocenters. The molecule has 1 atom stereocenters. The lowest BCUT2D eigenvalue weighted by atomic mass is 9.91. The van der Waals surface area contributed by atoms with E-state index in [1.54, 1.807) is 0 Å². The van der Waals surface area contributed by atoms with Crippen molar-refractivity contribution >= 4 is 17.9 Å². The Labute approximate surface area is 157 Å². The number of hydrogen-bond donors (Lipinski definition) is 0. The summed E-state index contributed by atoms with van der Waals surface area (Å²) < 4.78 is 15.2. The molecule has 0 aliphatic carbocycles. The van der Waals surface area contributed by atoms with Gasteiger partial charge in [-0.15, -0.1) is 0 Å². The van der Waals surface area contributed by atoms with E-state index in [9.17, 15) is 14.4 Å². The van der Waals surface area contributed by atoms with E-state index in [-0.39, 0.29) is 25.6 Å². The molecular formula is C20H36O6. The van der Waals surface area contributed by atoms with Crippen LogP contribution in [-0.2, 0) is 28.6 Å². The lowest BCUT2D eigenvalue weighted by Crippen LogP contribution is -2.26. The molecule has 0 aliphatic heterocycles. The summed E-state index contributed by atoms with van der Waals surface area (Å²) in [6, 6.07) is 0. The summed E-state index contributed by atoms with van der Waals surface area (Å²) in [5.41, 5.74) is -0.516. The predicted molar refractivity (Wildman–Crippen MR) is 99.5 cm³/mol. The van der Waals surface area contributed by atoms with Gasteiger partial charge in [0.25, 0.3) is 0 Å². The first-order chi connectivity index (χ1) is 12.3. The van der Waals surface area contributed by atoms with Gasteiger partial charge in [0.15, 0.2) is 6.61 Å². The third kappa shape index (κ3) is 11.1. The predicted octanol–water partition coefficient (Wildman–Crippen LogP) is 4.05. The molecule has 6 nitrogen and oxygen atoms in total. The van der Waals surface area contributed by atoms with Crippen LogP contribution in [0.3, 0.4) is 0 Å². The highest BCUT2D eigenvalue weighted by molar-refractivity contribution is 5.77. The van der Waals surface area contributed by atoms with Gasteiger partial charge in [-0.25, -0.2) is 4.79 Å². The topological polar surface area (TPSA) is 78.9 Å². The normalized spacial score (nSPS) is 12.3. The summed E-state index contributed by atoms with van der Waals surface area (Å²) >= 11 is 0. The van der Waals surface area contributed by atoms with Gasteiger partial charge in [0.05, 0.1) is 18.6 Å². The van der Waals surface area contributed by atoms with Gasteiger partial charge in [0, 0.05) is 6.42 Å². The van der Waals surface area contributed by atoms with Crippen LogP contribution in [0.15, 0.2) is 0 Å². The third-order valence-electron chi connectivity index (χ3n) is 4.57. The van der Waals surface area contributed by atoms with E-state index in [0.29, 0.717) is 25.4 Å². The van der Waals surface area contributed by atoms with Crippen LogP contribution in [0.4, 0.5) is 0 Å². The highest BCUT2D eigenvalue weighted by atomic mass is 16.6. The molecule has 0 amide bonds. The van der Waals surface area contributed by atoms with Crippen molar-refractivity contribution < 1.29 is 28.6 Å². The molecule has 0 aliphatic rings. The Hall–Kier alpha value is -1.59. The molecule has 0 N–H and O–H groups in total. The average molecular weight is 373 g/mol. The van der Waals surface area contributed by atoms with Gasteiger partial charge in [0.2, 0.25) is 0 Å². The second kappa shape index (κ2) is 13.6. The Bertz CT molecular complexity index is 430. The number of rotatable bonds is 14. The summed E-state index contributed by atoms with van der Waals surface area (Å²) in [6.45, 7) is 9.93. The molecule has 0 spiro atoms. The van der Waals surface area contributed by atoms with Crippen molar-refractivity contribution in [1.82, 2.24) is 0 Å². The van der Waals surface area contributed by atoms with Crippen LogP contribution in [0.2, 0.25) is 0 Å². The van der Waals surface area contributed by atoms with Crippen LogP contribution in [0.25, 0.3) is 0 Å². The van der Waals surface area contributed by atoms with Crippen LogP contribution >= 0.6 is 0 Å². The van der Waals surface area contributed by atoms with E-state index < -0.39 is 17.4 Å². The molecule has 0 saturated heterocycles. The zero-order valence-electron chi connectivity index (χ0n) is 17.1. The van der Waals surface area contributed by atoms with Gasteiger partial charge in [-0.2, -0.15) is 0 Å². The first kappa shape index (κ1) is 24.4. The fourth-order valence-electron chi connectivity index (χ4n) is 2.08. The standard InChI is InChI=1S/C20H36O6/c1-6-9-11-16(7-2)14-25-18(22)15-26-17(21)12-10-13-24-19(23)20(4,5)8-3/h16H,6-15H2,1-5H3. The molecule has 26 heavy (non-hydrogen) atoms. The fourth-order valence-corrected chi connectivity index (χ4v) is 2.08. The molecule has 0 heterocycles. The largest absolute Gasteiger partial charge is 0.465 e. The number of ether oxygens (including phenoxy) is 3. The van der Waals surface area contributed by atoms with Gasteiger partial charge in [0.1, 0.15) is 0 Å². The van der Waals surface area contributed by atoms with Crippen molar-refractivity contribution in [3.8, 4) is 0 Å². The van der Waals surface area contributed by atoms with Crippen molar-refractivity contribution in [2.24, 2.45) is 11.3 Å². The summed E-state index contributed by atoms with van der Waals surface area (Å²) in [4.78, 5) is 35.0. The first-order valence-electron chi connectivity index (χ1n) is 9.75. The van der Waals surface area contributed by atoms with Gasteiger partial charge >= 0.3 is 17.9 Å². The van der Waals surface area contributed by atoms with E-state index in [4.69, 9.17) is 14.2 Å². The highest BCUT2D eigenvalue weighted by Crippen LogP contribution is 2.21. The molecular weight excluding hydrogens is 336 g/mol.